The first-order valence-electron chi connectivity index (χ1n) is 6.07. The minimum atomic E-state index is -0.513. The van der Waals surface area contributed by atoms with Gasteiger partial charge in [-0.2, -0.15) is 5.26 Å². The van der Waals surface area contributed by atoms with Crippen LogP contribution in [-0.2, 0) is 9.53 Å². The highest BCUT2D eigenvalue weighted by Crippen LogP contribution is 2.09. The van der Waals surface area contributed by atoms with Crippen molar-refractivity contribution in [2.45, 2.75) is 26.4 Å². The van der Waals surface area contributed by atoms with E-state index in [0.29, 0.717) is 10.7 Å². The van der Waals surface area contributed by atoms with Gasteiger partial charge in [0.15, 0.2) is 5.11 Å². The zero-order chi connectivity index (χ0) is 15.2. The number of thiocarbonyl (C=S) groups is 1. The fourth-order valence-corrected chi connectivity index (χ4v) is 1.52. The van der Waals surface area contributed by atoms with Gasteiger partial charge in [0.1, 0.15) is 12.1 Å². The lowest BCUT2D eigenvalue weighted by molar-refractivity contribution is -0.153. The maximum atomic E-state index is 11.5. The first-order valence-corrected chi connectivity index (χ1v) is 6.48. The van der Waals surface area contributed by atoms with E-state index in [9.17, 15) is 4.79 Å². The molecular formula is C14H17N3O2S. The topological polar surface area (TPSA) is 74.2 Å². The zero-order valence-electron chi connectivity index (χ0n) is 11.7. The number of nitrogens with one attached hydrogen (secondary N) is 2. The van der Waals surface area contributed by atoms with Gasteiger partial charge in [0.05, 0.1) is 11.6 Å². The number of hydrogen-bond acceptors (Lipinski definition) is 4. The van der Waals surface area contributed by atoms with Crippen molar-refractivity contribution in [2.75, 3.05) is 11.9 Å². The summed E-state index contributed by atoms with van der Waals surface area (Å²) in [4.78, 5) is 11.5. The van der Waals surface area contributed by atoms with Crippen LogP contribution >= 0.6 is 12.2 Å². The number of carbonyl (C=O) groups excluding carboxylic acids is 1. The number of carbonyl (C=O) groups is 1. The Hall–Kier alpha value is -2.13. The van der Waals surface area contributed by atoms with Crippen LogP contribution in [0.4, 0.5) is 5.69 Å². The third-order valence-electron chi connectivity index (χ3n) is 2.09. The largest absolute Gasteiger partial charge is 0.459 e. The second-order valence-electron chi connectivity index (χ2n) is 5.08. The van der Waals surface area contributed by atoms with Gasteiger partial charge in [-0.3, -0.25) is 4.79 Å². The summed E-state index contributed by atoms with van der Waals surface area (Å²) in [6, 6.07) is 8.86. The molecule has 0 aliphatic carbocycles. The van der Waals surface area contributed by atoms with Crippen molar-refractivity contribution in [2.24, 2.45) is 0 Å². The highest BCUT2D eigenvalue weighted by Gasteiger charge is 2.15. The Bertz CT molecular complexity index is 527. The Kier molecular flexibility index (Phi) is 5.47. The smallest absolute Gasteiger partial charge is 0.325 e. The summed E-state index contributed by atoms with van der Waals surface area (Å²) in [5.74, 6) is -0.374. The van der Waals surface area contributed by atoms with E-state index in [2.05, 4.69) is 10.6 Å². The Labute approximate surface area is 123 Å². The molecule has 0 saturated carbocycles. The molecule has 1 aromatic carbocycles. The summed E-state index contributed by atoms with van der Waals surface area (Å²) >= 11 is 5.06. The molecule has 0 bridgehead atoms. The van der Waals surface area contributed by atoms with E-state index < -0.39 is 5.60 Å². The standard InChI is InChI=1S/C14H17N3O2S/c1-14(2,3)19-12(18)9-16-13(20)17-11-6-4-10(8-15)5-7-11/h4-7H,9H2,1-3H3,(H2,16,17,20). The molecule has 0 atom stereocenters. The Balaban J connectivity index is 2.40. The van der Waals surface area contributed by atoms with E-state index >= 15 is 0 Å². The molecule has 0 fully saturated rings. The SMILES string of the molecule is CC(C)(C)OC(=O)CNC(=S)Nc1ccc(C#N)cc1. The van der Waals surface area contributed by atoms with Crippen molar-refractivity contribution in [1.29, 1.82) is 5.26 Å². The van der Waals surface area contributed by atoms with Crippen LogP contribution in [0.15, 0.2) is 24.3 Å². The third kappa shape index (κ3) is 6.16. The van der Waals surface area contributed by atoms with Crippen molar-refractivity contribution in [1.82, 2.24) is 5.32 Å². The molecule has 20 heavy (non-hydrogen) atoms. The summed E-state index contributed by atoms with van der Waals surface area (Å²) in [5, 5.41) is 14.7. The lowest BCUT2D eigenvalue weighted by Gasteiger charge is -2.20. The van der Waals surface area contributed by atoms with Crippen LogP contribution in [0.5, 0.6) is 0 Å². The summed E-state index contributed by atoms with van der Waals surface area (Å²) < 4.78 is 5.14. The first kappa shape index (κ1) is 15.9. The first-order chi connectivity index (χ1) is 9.30. The highest BCUT2D eigenvalue weighted by molar-refractivity contribution is 7.80. The van der Waals surface area contributed by atoms with E-state index in [-0.39, 0.29) is 12.5 Å². The summed E-state index contributed by atoms with van der Waals surface area (Å²) in [6.45, 7) is 5.41. The molecule has 0 spiro atoms. The maximum absolute atomic E-state index is 11.5. The van der Waals surface area contributed by atoms with Gasteiger partial charge in [0.2, 0.25) is 0 Å². The van der Waals surface area contributed by atoms with Crippen LogP contribution in [0.3, 0.4) is 0 Å². The number of benzene rings is 1. The van der Waals surface area contributed by atoms with E-state index in [1.807, 2.05) is 6.07 Å². The van der Waals surface area contributed by atoms with Gasteiger partial charge in [0.25, 0.3) is 0 Å². The van der Waals surface area contributed by atoms with Crippen LogP contribution in [-0.4, -0.2) is 23.2 Å². The second kappa shape index (κ2) is 6.87. The Morgan fingerprint density at radius 1 is 1.35 bits per heavy atom. The normalized spacial score (nSPS) is 10.3. The minimum absolute atomic E-state index is 0.000613. The lowest BCUT2D eigenvalue weighted by atomic mass is 10.2. The van der Waals surface area contributed by atoms with Crippen LogP contribution in [0.1, 0.15) is 26.3 Å². The average molecular weight is 291 g/mol. The van der Waals surface area contributed by atoms with Gasteiger partial charge in [-0.05, 0) is 57.3 Å². The number of esters is 1. The van der Waals surface area contributed by atoms with Crippen molar-refractivity contribution >= 4 is 29.0 Å². The molecular weight excluding hydrogens is 274 g/mol. The molecule has 0 unspecified atom stereocenters. The van der Waals surface area contributed by atoms with Gasteiger partial charge in [-0.25, -0.2) is 0 Å². The van der Waals surface area contributed by atoms with Crippen LogP contribution in [0, 0.1) is 11.3 Å². The molecule has 0 heterocycles. The zero-order valence-corrected chi connectivity index (χ0v) is 12.5. The van der Waals surface area contributed by atoms with Gasteiger partial charge in [-0.1, -0.05) is 0 Å². The summed E-state index contributed by atoms with van der Waals surface area (Å²) in [6.07, 6.45) is 0. The molecule has 2 N–H and O–H groups in total. The number of rotatable bonds is 3. The monoisotopic (exact) mass is 291 g/mol. The predicted octanol–water partition coefficient (Wildman–Crippen LogP) is 2.19. The molecule has 1 aromatic rings. The molecule has 0 aliphatic rings. The molecule has 0 radical (unpaired) electrons. The van der Waals surface area contributed by atoms with Gasteiger partial charge in [0, 0.05) is 5.69 Å². The van der Waals surface area contributed by atoms with Crippen LogP contribution in [0.25, 0.3) is 0 Å². The van der Waals surface area contributed by atoms with E-state index in [1.54, 1.807) is 45.0 Å². The van der Waals surface area contributed by atoms with Crippen molar-refractivity contribution in [3.8, 4) is 6.07 Å². The Morgan fingerprint density at radius 2 is 1.95 bits per heavy atom. The number of nitriles is 1. The van der Waals surface area contributed by atoms with E-state index in [4.69, 9.17) is 22.2 Å². The molecule has 5 nitrogen and oxygen atoms in total. The quantitative estimate of drug-likeness (QED) is 0.657. The molecule has 0 saturated heterocycles. The Morgan fingerprint density at radius 3 is 2.45 bits per heavy atom. The van der Waals surface area contributed by atoms with Crippen molar-refractivity contribution < 1.29 is 9.53 Å². The number of nitrogens with zero attached hydrogens (tertiary/aromatic N) is 1. The minimum Gasteiger partial charge on any atom is -0.459 e. The van der Waals surface area contributed by atoms with Gasteiger partial charge in [-0.15, -0.1) is 0 Å². The lowest BCUT2D eigenvalue weighted by Crippen LogP contribution is -2.36. The maximum Gasteiger partial charge on any atom is 0.325 e. The van der Waals surface area contributed by atoms with Crippen molar-refractivity contribution in [3.05, 3.63) is 29.8 Å². The van der Waals surface area contributed by atoms with Gasteiger partial charge < -0.3 is 15.4 Å². The number of hydrogen-bond donors (Lipinski definition) is 2. The fourth-order valence-electron chi connectivity index (χ4n) is 1.33. The fraction of sp³-hybridized carbons (Fsp3) is 0.357. The average Bonchev–Trinajstić information content (AvgIpc) is 2.35. The second-order valence-corrected chi connectivity index (χ2v) is 5.49. The van der Waals surface area contributed by atoms with E-state index in [1.165, 1.54) is 0 Å². The molecule has 106 valence electrons. The van der Waals surface area contributed by atoms with E-state index in [0.717, 1.165) is 5.69 Å². The predicted molar refractivity (Wildman–Crippen MR) is 81.2 cm³/mol. The van der Waals surface area contributed by atoms with Crippen LogP contribution in [0.2, 0.25) is 0 Å². The molecule has 0 aliphatic heterocycles. The summed E-state index contributed by atoms with van der Waals surface area (Å²) in [5.41, 5.74) is 0.801. The summed E-state index contributed by atoms with van der Waals surface area (Å²) in [7, 11) is 0. The molecule has 1 rings (SSSR count). The highest BCUT2D eigenvalue weighted by atomic mass is 32.1. The van der Waals surface area contributed by atoms with Crippen molar-refractivity contribution in [3.63, 3.8) is 0 Å². The third-order valence-corrected chi connectivity index (χ3v) is 2.33. The van der Waals surface area contributed by atoms with Gasteiger partial charge >= 0.3 is 5.97 Å². The van der Waals surface area contributed by atoms with Crippen LogP contribution < -0.4 is 10.6 Å². The molecule has 6 heteroatoms. The molecule has 0 amide bonds. The number of anilines is 1. The number of ether oxygens (including phenoxy) is 1. The molecule has 0 aromatic heterocycles.